The predicted octanol–water partition coefficient (Wildman–Crippen LogP) is 0.263. The molecule has 0 aliphatic carbocycles. The molecule has 1 amide bonds. The number of rotatable bonds is 5. The third-order valence-corrected chi connectivity index (χ3v) is 2.23. The summed E-state index contributed by atoms with van der Waals surface area (Å²) >= 11 is 0. The van der Waals surface area contributed by atoms with Crippen molar-refractivity contribution in [1.29, 1.82) is 0 Å². The first-order valence-corrected chi connectivity index (χ1v) is 4.26. The first-order valence-electron chi connectivity index (χ1n) is 4.26. The van der Waals surface area contributed by atoms with Gasteiger partial charge >= 0.3 is 0 Å². The van der Waals surface area contributed by atoms with E-state index in [1.807, 2.05) is 6.92 Å². The van der Waals surface area contributed by atoms with Crippen LogP contribution in [0.4, 0.5) is 0 Å². The lowest BCUT2D eigenvalue weighted by atomic mass is 9.99. The number of carbonyl (C=O) groups is 1. The molecule has 1 aliphatic heterocycles. The smallest absolute Gasteiger partial charge is 0.207 e. The molecule has 1 aliphatic rings. The van der Waals surface area contributed by atoms with Gasteiger partial charge in [0, 0.05) is 12.1 Å². The molecule has 0 saturated carbocycles. The summed E-state index contributed by atoms with van der Waals surface area (Å²) in [5, 5.41) is 6.07. The Morgan fingerprint density at radius 2 is 2.55 bits per heavy atom. The van der Waals surface area contributed by atoms with Crippen molar-refractivity contribution in [2.75, 3.05) is 6.54 Å². The molecule has 2 N–H and O–H groups in total. The molecule has 64 valence electrons. The van der Waals surface area contributed by atoms with E-state index >= 15 is 0 Å². The number of hydrogen-bond acceptors (Lipinski definition) is 2. The van der Waals surface area contributed by atoms with E-state index in [4.69, 9.17) is 0 Å². The van der Waals surface area contributed by atoms with Crippen molar-refractivity contribution in [2.45, 2.75) is 38.3 Å². The summed E-state index contributed by atoms with van der Waals surface area (Å²) in [6.45, 7) is 3.20. The molecule has 1 rings (SSSR count). The van der Waals surface area contributed by atoms with Crippen LogP contribution in [-0.4, -0.2) is 25.0 Å². The van der Waals surface area contributed by atoms with Gasteiger partial charge in [0.05, 0.1) is 0 Å². The van der Waals surface area contributed by atoms with Gasteiger partial charge in [-0.3, -0.25) is 4.79 Å². The van der Waals surface area contributed by atoms with E-state index in [2.05, 4.69) is 10.6 Å². The fourth-order valence-corrected chi connectivity index (χ4v) is 1.25. The van der Waals surface area contributed by atoms with Crippen LogP contribution in [-0.2, 0) is 4.79 Å². The van der Waals surface area contributed by atoms with Gasteiger partial charge < -0.3 is 10.6 Å². The highest BCUT2D eigenvalue weighted by atomic mass is 16.1. The average Bonchev–Trinajstić information content (AvgIpc) is 1.85. The maximum absolute atomic E-state index is 10.0. The Morgan fingerprint density at radius 1 is 1.82 bits per heavy atom. The highest BCUT2D eigenvalue weighted by molar-refractivity contribution is 5.46. The number of carbonyl (C=O) groups excluding carboxylic acids is 1. The molecule has 0 aromatic rings. The summed E-state index contributed by atoms with van der Waals surface area (Å²) in [7, 11) is 0. The topological polar surface area (TPSA) is 41.1 Å². The lowest BCUT2D eigenvalue weighted by Gasteiger charge is -2.28. The van der Waals surface area contributed by atoms with Crippen LogP contribution in [0.2, 0.25) is 0 Å². The molecule has 1 heterocycles. The molecule has 2 atom stereocenters. The summed E-state index contributed by atoms with van der Waals surface area (Å²) in [6, 6.07) is 1.04. The van der Waals surface area contributed by atoms with Gasteiger partial charge in [0.15, 0.2) is 0 Å². The minimum Gasteiger partial charge on any atom is -0.356 e. The fourth-order valence-electron chi connectivity index (χ4n) is 1.25. The summed E-state index contributed by atoms with van der Waals surface area (Å²) in [6.07, 6.45) is 4.34. The quantitative estimate of drug-likeness (QED) is 0.561. The molecule has 0 aromatic carbocycles. The maximum Gasteiger partial charge on any atom is 0.207 e. The largest absolute Gasteiger partial charge is 0.356 e. The summed E-state index contributed by atoms with van der Waals surface area (Å²) < 4.78 is 0. The van der Waals surface area contributed by atoms with Crippen LogP contribution in [0.1, 0.15) is 26.2 Å². The van der Waals surface area contributed by atoms with Crippen molar-refractivity contribution in [1.82, 2.24) is 10.6 Å². The van der Waals surface area contributed by atoms with E-state index in [9.17, 15) is 4.79 Å². The first kappa shape index (κ1) is 8.53. The lowest BCUT2D eigenvalue weighted by Crippen LogP contribution is -2.43. The second-order valence-corrected chi connectivity index (χ2v) is 3.20. The van der Waals surface area contributed by atoms with E-state index in [1.54, 1.807) is 0 Å². The summed E-state index contributed by atoms with van der Waals surface area (Å²) in [5.41, 5.74) is 0. The molecule has 3 nitrogen and oxygen atoms in total. The van der Waals surface area contributed by atoms with Gasteiger partial charge in [-0.15, -0.1) is 0 Å². The highest BCUT2D eigenvalue weighted by Crippen LogP contribution is 2.10. The van der Waals surface area contributed by atoms with Crippen molar-refractivity contribution >= 4 is 6.41 Å². The lowest BCUT2D eigenvalue weighted by molar-refractivity contribution is -0.110. The zero-order chi connectivity index (χ0) is 8.10. The van der Waals surface area contributed by atoms with Crippen LogP contribution in [0.3, 0.4) is 0 Å². The van der Waals surface area contributed by atoms with E-state index in [0.29, 0.717) is 12.1 Å². The number of hydrogen-bond donors (Lipinski definition) is 2. The summed E-state index contributed by atoms with van der Waals surface area (Å²) in [4.78, 5) is 10.0. The molecule has 3 heteroatoms. The Kier molecular flexibility index (Phi) is 3.36. The Morgan fingerprint density at radius 3 is 3.00 bits per heavy atom. The average molecular weight is 156 g/mol. The third kappa shape index (κ3) is 2.89. The van der Waals surface area contributed by atoms with Crippen LogP contribution < -0.4 is 10.6 Å². The molecule has 0 spiro atoms. The van der Waals surface area contributed by atoms with Crippen LogP contribution >= 0.6 is 0 Å². The van der Waals surface area contributed by atoms with Gasteiger partial charge in [0.1, 0.15) is 0 Å². The van der Waals surface area contributed by atoms with Gasteiger partial charge in [-0.25, -0.2) is 0 Å². The monoisotopic (exact) mass is 156 g/mol. The molecule has 0 radical (unpaired) electrons. The van der Waals surface area contributed by atoms with E-state index < -0.39 is 0 Å². The second kappa shape index (κ2) is 4.34. The summed E-state index contributed by atoms with van der Waals surface area (Å²) in [5.74, 6) is 0. The third-order valence-electron chi connectivity index (χ3n) is 2.23. The maximum atomic E-state index is 10.0. The molecular weight excluding hydrogens is 140 g/mol. The van der Waals surface area contributed by atoms with Crippen LogP contribution in [0, 0.1) is 0 Å². The van der Waals surface area contributed by atoms with Gasteiger partial charge in [-0.05, 0) is 32.7 Å². The Bertz CT molecular complexity index is 123. The standard InChI is InChI=1S/C8H16N2O/c1-7(10-6-11)2-3-8-4-5-9-8/h6-9H,2-5H2,1H3,(H,10,11). The van der Waals surface area contributed by atoms with Crippen LogP contribution in [0.25, 0.3) is 0 Å². The predicted molar refractivity (Wildman–Crippen MR) is 44.3 cm³/mol. The SMILES string of the molecule is CC(CCC1CCN1)NC=O. The molecule has 2 unspecified atom stereocenters. The van der Waals surface area contributed by atoms with Crippen molar-refractivity contribution in [3.8, 4) is 0 Å². The van der Waals surface area contributed by atoms with Gasteiger partial charge in [0.25, 0.3) is 0 Å². The number of nitrogens with one attached hydrogen (secondary N) is 2. The molecule has 1 saturated heterocycles. The van der Waals surface area contributed by atoms with Crippen LogP contribution in [0.15, 0.2) is 0 Å². The van der Waals surface area contributed by atoms with E-state index in [0.717, 1.165) is 12.8 Å². The Balaban J connectivity index is 1.96. The molecule has 11 heavy (non-hydrogen) atoms. The molecule has 1 fully saturated rings. The van der Waals surface area contributed by atoms with Crippen molar-refractivity contribution in [3.63, 3.8) is 0 Å². The minimum atomic E-state index is 0.329. The van der Waals surface area contributed by atoms with Gasteiger partial charge in [-0.1, -0.05) is 0 Å². The zero-order valence-electron chi connectivity index (χ0n) is 6.97. The fraction of sp³-hybridized carbons (Fsp3) is 0.875. The highest BCUT2D eigenvalue weighted by Gasteiger charge is 2.16. The van der Waals surface area contributed by atoms with Gasteiger partial charge in [-0.2, -0.15) is 0 Å². The van der Waals surface area contributed by atoms with Gasteiger partial charge in [0.2, 0.25) is 6.41 Å². The normalized spacial score (nSPS) is 25.4. The molecular formula is C8H16N2O. The zero-order valence-corrected chi connectivity index (χ0v) is 6.97. The molecule has 0 aromatic heterocycles. The minimum absolute atomic E-state index is 0.329. The first-order chi connectivity index (χ1) is 5.33. The Labute approximate surface area is 67.5 Å². The van der Waals surface area contributed by atoms with Crippen molar-refractivity contribution in [3.05, 3.63) is 0 Å². The Hall–Kier alpha value is -0.570. The van der Waals surface area contributed by atoms with E-state index in [1.165, 1.54) is 19.4 Å². The molecule has 0 bridgehead atoms. The van der Waals surface area contributed by atoms with Crippen molar-refractivity contribution < 1.29 is 4.79 Å². The van der Waals surface area contributed by atoms with Crippen LogP contribution in [0.5, 0.6) is 0 Å². The number of amides is 1. The van der Waals surface area contributed by atoms with Crippen molar-refractivity contribution in [2.24, 2.45) is 0 Å². The second-order valence-electron chi connectivity index (χ2n) is 3.20. The van der Waals surface area contributed by atoms with E-state index in [-0.39, 0.29) is 0 Å².